The highest BCUT2D eigenvalue weighted by Crippen LogP contribution is 2.42. The summed E-state index contributed by atoms with van der Waals surface area (Å²) in [5.41, 5.74) is 1.34. The van der Waals surface area contributed by atoms with E-state index in [1.807, 2.05) is 38.2 Å². The molecular formula is C26H30ClN3O3S. The average Bonchev–Trinajstić information content (AvgIpc) is 3.62. The van der Waals surface area contributed by atoms with Crippen LogP contribution in [0.25, 0.3) is 0 Å². The molecule has 1 N–H and O–H groups in total. The third-order valence-corrected chi connectivity index (χ3v) is 8.55. The summed E-state index contributed by atoms with van der Waals surface area (Å²) in [6.45, 7) is 6.28. The number of anilines is 1. The van der Waals surface area contributed by atoms with Crippen molar-refractivity contribution in [3.63, 3.8) is 0 Å². The second-order valence-corrected chi connectivity index (χ2v) is 10.7. The van der Waals surface area contributed by atoms with Crippen LogP contribution in [-0.2, 0) is 10.2 Å². The van der Waals surface area contributed by atoms with Gasteiger partial charge in [-0.3, -0.25) is 9.69 Å². The zero-order chi connectivity index (χ0) is 23.7. The number of ether oxygens (including phenoxy) is 2. The number of rotatable bonds is 7. The van der Waals surface area contributed by atoms with E-state index in [-0.39, 0.29) is 18.7 Å². The Morgan fingerprint density at radius 1 is 1.29 bits per heavy atom. The van der Waals surface area contributed by atoms with Gasteiger partial charge in [0, 0.05) is 16.1 Å². The number of aromatic nitrogens is 1. The molecule has 1 aliphatic carbocycles. The number of allylic oxidation sites excluding steroid dienone is 2. The Morgan fingerprint density at radius 2 is 2.09 bits per heavy atom. The first-order chi connectivity index (χ1) is 16.5. The van der Waals surface area contributed by atoms with Crippen LogP contribution in [0, 0.1) is 0 Å². The zero-order valence-electron chi connectivity index (χ0n) is 19.6. The monoisotopic (exact) mass is 499 g/mol. The first kappa shape index (κ1) is 23.4. The maximum atomic E-state index is 13.5. The summed E-state index contributed by atoms with van der Waals surface area (Å²) in [4.78, 5) is 21.7. The summed E-state index contributed by atoms with van der Waals surface area (Å²) >= 11 is 8.22. The van der Waals surface area contributed by atoms with Gasteiger partial charge in [-0.25, -0.2) is 4.98 Å². The van der Waals surface area contributed by atoms with Crippen molar-refractivity contribution in [2.24, 2.45) is 0 Å². The van der Waals surface area contributed by atoms with Crippen LogP contribution in [-0.4, -0.2) is 35.7 Å². The molecule has 3 heterocycles. The van der Waals surface area contributed by atoms with E-state index in [0.717, 1.165) is 47.0 Å². The van der Waals surface area contributed by atoms with Gasteiger partial charge in [-0.2, -0.15) is 0 Å². The lowest BCUT2D eigenvalue weighted by molar-refractivity contribution is -0.121. The third-order valence-electron chi connectivity index (χ3n) is 7.17. The molecule has 1 fully saturated rings. The van der Waals surface area contributed by atoms with Crippen LogP contribution in [0.1, 0.15) is 62.4 Å². The SMILES string of the molecule is CCC(C)(C(=O)Nc1ncc(C(C2=C(Cl)CCC=C2)N2CCCC2)s1)c1ccc2c(c1)OCO2. The lowest BCUT2D eigenvalue weighted by Gasteiger charge is -2.29. The molecular weight excluding hydrogens is 470 g/mol. The van der Waals surface area contributed by atoms with E-state index in [9.17, 15) is 4.79 Å². The molecule has 2 atom stereocenters. The molecule has 0 spiro atoms. The molecule has 0 radical (unpaired) electrons. The highest BCUT2D eigenvalue weighted by molar-refractivity contribution is 7.15. The Bertz CT molecular complexity index is 1140. The van der Waals surface area contributed by atoms with Gasteiger partial charge < -0.3 is 14.8 Å². The first-order valence-electron chi connectivity index (χ1n) is 12.0. The molecule has 34 heavy (non-hydrogen) atoms. The molecule has 1 amide bonds. The summed E-state index contributed by atoms with van der Waals surface area (Å²) in [6, 6.07) is 5.81. The smallest absolute Gasteiger partial charge is 0.236 e. The van der Waals surface area contributed by atoms with Crippen LogP contribution in [0.15, 0.2) is 47.2 Å². The summed E-state index contributed by atoms with van der Waals surface area (Å²) in [7, 11) is 0. The normalized spacial score (nSPS) is 20.4. The minimum atomic E-state index is -0.723. The van der Waals surface area contributed by atoms with Crippen molar-refractivity contribution in [3.05, 3.63) is 57.6 Å². The van der Waals surface area contributed by atoms with E-state index >= 15 is 0 Å². The summed E-state index contributed by atoms with van der Waals surface area (Å²) in [6.07, 6.45) is 11.1. The maximum absolute atomic E-state index is 13.5. The molecule has 180 valence electrons. The van der Waals surface area contributed by atoms with Crippen molar-refractivity contribution in [1.82, 2.24) is 9.88 Å². The lowest BCUT2D eigenvalue weighted by atomic mass is 9.79. The summed E-state index contributed by atoms with van der Waals surface area (Å²) < 4.78 is 11.0. The van der Waals surface area contributed by atoms with E-state index in [1.165, 1.54) is 24.2 Å². The second-order valence-electron chi connectivity index (χ2n) is 9.22. The number of nitrogens with one attached hydrogen (secondary N) is 1. The van der Waals surface area contributed by atoms with E-state index in [1.54, 1.807) is 0 Å². The third kappa shape index (κ3) is 4.37. The van der Waals surface area contributed by atoms with E-state index < -0.39 is 5.41 Å². The van der Waals surface area contributed by atoms with Crippen LogP contribution < -0.4 is 14.8 Å². The standard InChI is InChI=1S/C26H30ClN3O3S/c1-3-26(2,17-10-11-20-21(14-17)33-16-32-20)24(31)29-25-28-15-22(34-25)23(30-12-6-7-13-30)18-8-4-5-9-19(18)27/h4,8,10-11,14-15,23H,3,5-7,9,12-13,16H2,1-2H3,(H,28,29,31). The Kier molecular flexibility index (Phi) is 6.69. The number of fused-ring (bicyclic) bond motifs is 1. The van der Waals surface area contributed by atoms with Crippen LogP contribution in [0.3, 0.4) is 0 Å². The molecule has 0 saturated carbocycles. The number of carbonyl (C=O) groups is 1. The summed E-state index contributed by atoms with van der Waals surface area (Å²) in [5, 5.41) is 4.63. The average molecular weight is 500 g/mol. The Balaban J connectivity index is 1.39. The number of nitrogens with zero attached hydrogens (tertiary/aromatic N) is 2. The topological polar surface area (TPSA) is 63.7 Å². The minimum absolute atomic E-state index is 0.0812. The van der Waals surface area contributed by atoms with Gasteiger partial charge in [-0.1, -0.05) is 48.1 Å². The van der Waals surface area contributed by atoms with E-state index in [0.29, 0.717) is 23.1 Å². The van der Waals surface area contributed by atoms with Crippen LogP contribution in [0.5, 0.6) is 11.5 Å². The zero-order valence-corrected chi connectivity index (χ0v) is 21.2. The van der Waals surface area contributed by atoms with E-state index in [2.05, 4.69) is 27.4 Å². The molecule has 1 saturated heterocycles. The van der Waals surface area contributed by atoms with Gasteiger partial charge >= 0.3 is 0 Å². The predicted molar refractivity (Wildman–Crippen MR) is 136 cm³/mol. The molecule has 2 unspecified atom stereocenters. The number of carbonyl (C=O) groups excluding carboxylic acids is 1. The summed E-state index contributed by atoms with van der Waals surface area (Å²) in [5.74, 6) is 1.31. The molecule has 8 heteroatoms. The largest absolute Gasteiger partial charge is 0.454 e. The fourth-order valence-corrected chi connectivity index (χ4v) is 6.11. The number of thiazole rings is 1. The molecule has 1 aromatic heterocycles. The van der Waals surface area contributed by atoms with Crippen molar-refractivity contribution < 1.29 is 14.3 Å². The van der Waals surface area contributed by atoms with Crippen LogP contribution in [0.4, 0.5) is 5.13 Å². The van der Waals surface area contributed by atoms with Crippen molar-refractivity contribution in [2.75, 3.05) is 25.2 Å². The fraction of sp³-hybridized carbons (Fsp3) is 0.462. The molecule has 6 nitrogen and oxygen atoms in total. The fourth-order valence-electron chi connectivity index (χ4n) is 4.87. The lowest BCUT2D eigenvalue weighted by Crippen LogP contribution is -2.37. The van der Waals surface area contributed by atoms with Crippen molar-refractivity contribution in [3.8, 4) is 11.5 Å². The minimum Gasteiger partial charge on any atom is -0.454 e. The molecule has 3 aliphatic rings. The Labute approximate surface area is 209 Å². The van der Waals surface area contributed by atoms with Gasteiger partial charge in [-0.15, -0.1) is 0 Å². The predicted octanol–water partition coefficient (Wildman–Crippen LogP) is 6.16. The number of halogens is 1. The number of likely N-dealkylation sites (tertiary alicyclic amines) is 1. The number of hydrogen-bond donors (Lipinski definition) is 1. The van der Waals surface area contributed by atoms with Crippen molar-refractivity contribution in [2.45, 2.75) is 57.4 Å². The van der Waals surface area contributed by atoms with Crippen LogP contribution in [0.2, 0.25) is 0 Å². The number of benzene rings is 1. The van der Waals surface area contributed by atoms with Crippen molar-refractivity contribution >= 4 is 34.0 Å². The highest BCUT2D eigenvalue weighted by Gasteiger charge is 2.36. The molecule has 2 aromatic rings. The molecule has 0 bridgehead atoms. The Morgan fingerprint density at radius 3 is 2.85 bits per heavy atom. The van der Waals surface area contributed by atoms with Crippen molar-refractivity contribution in [1.29, 1.82) is 0 Å². The quantitative estimate of drug-likeness (QED) is 0.494. The number of hydrogen-bond acceptors (Lipinski definition) is 6. The van der Waals surface area contributed by atoms with Gasteiger partial charge in [0.15, 0.2) is 16.6 Å². The number of amides is 1. The second kappa shape index (κ2) is 9.72. The highest BCUT2D eigenvalue weighted by atomic mass is 35.5. The van der Waals surface area contributed by atoms with Gasteiger partial charge in [0.05, 0.1) is 11.5 Å². The first-order valence-corrected chi connectivity index (χ1v) is 13.2. The van der Waals surface area contributed by atoms with Gasteiger partial charge in [0.1, 0.15) is 0 Å². The van der Waals surface area contributed by atoms with Gasteiger partial charge in [0.2, 0.25) is 12.7 Å². The van der Waals surface area contributed by atoms with Gasteiger partial charge in [-0.05, 0) is 75.4 Å². The molecule has 2 aliphatic heterocycles. The van der Waals surface area contributed by atoms with Gasteiger partial charge in [0.25, 0.3) is 0 Å². The maximum Gasteiger partial charge on any atom is 0.236 e. The van der Waals surface area contributed by atoms with Crippen LogP contribution >= 0.6 is 22.9 Å². The van der Waals surface area contributed by atoms with E-state index in [4.69, 9.17) is 21.1 Å². The molecule has 1 aromatic carbocycles. The molecule has 5 rings (SSSR count). The Hall–Kier alpha value is -2.35.